The van der Waals surface area contributed by atoms with Gasteiger partial charge in [0.25, 0.3) is 0 Å². The molecule has 1 atom stereocenters. The van der Waals surface area contributed by atoms with Gasteiger partial charge in [0.05, 0.1) is 19.0 Å². The molecular formula is C9H12F2N2O. The molecule has 3 nitrogen and oxygen atoms in total. The minimum absolute atomic E-state index is 0.0658. The summed E-state index contributed by atoms with van der Waals surface area (Å²) in [6, 6.07) is 0. The molecule has 0 spiro atoms. The lowest BCUT2D eigenvalue weighted by Crippen LogP contribution is -2.42. The van der Waals surface area contributed by atoms with Gasteiger partial charge in [0.15, 0.2) is 0 Å². The molecule has 3 N–H and O–H groups in total. The fourth-order valence-electron chi connectivity index (χ4n) is 1.07. The Bertz CT molecular complexity index is 308. The normalized spacial score (nSPS) is 15.2. The maximum atomic E-state index is 13.1. The summed E-state index contributed by atoms with van der Waals surface area (Å²) in [5, 5.41) is 8.85. The molecule has 1 rings (SSSR count). The van der Waals surface area contributed by atoms with Crippen molar-refractivity contribution in [1.82, 2.24) is 4.98 Å². The van der Waals surface area contributed by atoms with Crippen molar-refractivity contribution in [3.63, 3.8) is 0 Å². The van der Waals surface area contributed by atoms with Gasteiger partial charge in [-0.15, -0.1) is 0 Å². The number of pyridine rings is 1. The monoisotopic (exact) mass is 202 g/mol. The van der Waals surface area contributed by atoms with E-state index >= 15 is 0 Å². The Morgan fingerprint density at radius 1 is 1.43 bits per heavy atom. The quantitative estimate of drug-likeness (QED) is 0.755. The highest BCUT2D eigenvalue weighted by molar-refractivity contribution is 5.18. The van der Waals surface area contributed by atoms with Gasteiger partial charge in [0, 0.05) is 11.1 Å². The van der Waals surface area contributed by atoms with Crippen LogP contribution in [0.4, 0.5) is 8.78 Å². The number of aliphatic hydroxyl groups excluding tert-OH is 1. The Hall–Kier alpha value is -1.07. The van der Waals surface area contributed by atoms with Crippen molar-refractivity contribution < 1.29 is 13.9 Å². The highest BCUT2D eigenvalue weighted by atomic mass is 19.1. The Balaban J connectivity index is 2.97. The molecular weight excluding hydrogens is 190 g/mol. The highest BCUT2D eigenvalue weighted by Crippen LogP contribution is 2.16. The van der Waals surface area contributed by atoms with Crippen molar-refractivity contribution in [2.45, 2.75) is 18.9 Å². The topological polar surface area (TPSA) is 59.1 Å². The summed E-state index contributed by atoms with van der Waals surface area (Å²) >= 11 is 0. The lowest BCUT2D eigenvalue weighted by Gasteiger charge is -2.21. The maximum absolute atomic E-state index is 13.1. The van der Waals surface area contributed by atoms with Crippen LogP contribution in [-0.2, 0) is 6.42 Å². The molecule has 78 valence electrons. The number of hydrogen-bond donors (Lipinski definition) is 2. The third-order valence-corrected chi connectivity index (χ3v) is 1.89. The average Bonchev–Trinajstić information content (AvgIpc) is 2.12. The molecule has 0 aromatic carbocycles. The van der Waals surface area contributed by atoms with Crippen LogP contribution < -0.4 is 5.73 Å². The predicted octanol–water partition coefficient (Wildman–Crippen LogP) is 0.612. The van der Waals surface area contributed by atoms with Gasteiger partial charge in [0.2, 0.25) is 0 Å². The number of halogens is 2. The number of rotatable bonds is 3. The number of nitrogens with two attached hydrogens (primary N) is 1. The van der Waals surface area contributed by atoms with Crippen molar-refractivity contribution in [2.75, 3.05) is 6.61 Å². The SMILES string of the molecule is CC(N)(CO)Cc1c(F)cncc1F. The molecule has 5 heteroatoms. The smallest absolute Gasteiger partial charge is 0.147 e. The summed E-state index contributed by atoms with van der Waals surface area (Å²) < 4.78 is 26.2. The van der Waals surface area contributed by atoms with Crippen LogP contribution in [0, 0.1) is 11.6 Å². The van der Waals surface area contributed by atoms with Crippen molar-refractivity contribution in [1.29, 1.82) is 0 Å². The van der Waals surface area contributed by atoms with E-state index < -0.39 is 17.2 Å². The first-order chi connectivity index (χ1) is 6.46. The molecule has 1 aromatic rings. The third-order valence-electron chi connectivity index (χ3n) is 1.89. The van der Waals surface area contributed by atoms with Gasteiger partial charge in [-0.3, -0.25) is 4.98 Å². The first-order valence-corrected chi connectivity index (χ1v) is 4.14. The first kappa shape index (κ1) is 11.0. The molecule has 0 fully saturated rings. The van der Waals surface area contributed by atoms with Gasteiger partial charge in [0.1, 0.15) is 11.6 Å². The van der Waals surface area contributed by atoms with E-state index in [0.29, 0.717) is 0 Å². The zero-order valence-corrected chi connectivity index (χ0v) is 7.80. The van der Waals surface area contributed by atoms with E-state index in [1.54, 1.807) is 0 Å². The third kappa shape index (κ3) is 2.46. The molecule has 0 bridgehead atoms. The van der Waals surface area contributed by atoms with Crippen molar-refractivity contribution in [2.24, 2.45) is 5.73 Å². The minimum Gasteiger partial charge on any atom is -0.394 e. The predicted molar refractivity (Wildman–Crippen MR) is 47.5 cm³/mol. The van der Waals surface area contributed by atoms with Crippen LogP contribution in [0.25, 0.3) is 0 Å². The molecule has 0 radical (unpaired) electrons. The molecule has 14 heavy (non-hydrogen) atoms. The van der Waals surface area contributed by atoms with Crippen molar-refractivity contribution >= 4 is 0 Å². The molecule has 1 heterocycles. The van der Waals surface area contributed by atoms with E-state index in [0.717, 1.165) is 12.4 Å². The van der Waals surface area contributed by atoms with E-state index in [2.05, 4.69) is 4.98 Å². The van der Waals surface area contributed by atoms with E-state index in [-0.39, 0.29) is 18.6 Å². The molecule has 0 saturated carbocycles. The van der Waals surface area contributed by atoms with Crippen LogP contribution in [0.3, 0.4) is 0 Å². The highest BCUT2D eigenvalue weighted by Gasteiger charge is 2.22. The van der Waals surface area contributed by atoms with Gasteiger partial charge >= 0.3 is 0 Å². The summed E-state index contributed by atoms with van der Waals surface area (Å²) in [6.07, 6.45) is 1.78. The summed E-state index contributed by atoms with van der Waals surface area (Å²) in [6.45, 7) is 1.18. The summed E-state index contributed by atoms with van der Waals surface area (Å²) in [4.78, 5) is 3.35. The molecule has 0 saturated heterocycles. The molecule has 0 aliphatic rings. The van der Waals surface area contributed by atoms with Gasteiger partial charge in [-0.1, -0.05) is 0 Å². The minimum atomic E-state index is -1.02. The van der Waals surface area contributed by atoms with Crippen LogP contribution in [0.15, 0.2) is 12.4 Å². The van der Waals surface area contributed by atoms with Crippen LogP contribution in [0.5, 0.6) is 0 Å². The largest absolute Gasteiger partial charge is 0.394 e. The number of aliphatic hydroxyl groups is 1. The molecule has 0 aliphatic carbocycles. The van der Waals surface area contributed by atoms with E-state index in [1.807, 2.05) is 0 Å². The van der Waals surface area contributed by atoms with Crippen LogP contribution in [-0.4, -0.2) is 22.2 Å². The summed E-state index contributed by atoms with van der Waals surface area (Å²) in [5.41, 5.74) is 4.42. The van der Waals surface area contributed by atoms with Gasteiger partial charge in [-0.05, 0) is 13.3 Å². The molecule has 0 amide bonds. The number of nitrogens with zero attached hydrogens (tertiary/aromatic N) is 1. The first-order valence-electron chi connectivity index (χ1n) is 4.14. The van der Waals surface area contributed by atoms with Gasteiger partial charge < -0.3 is 10.8 Å². The van der Waals surface area contributed by atoms with E-state index in [1.165, 1.54) is 6.92 Å². The van der Waals surface area contributed by atoms with Gasteiger partial charge in [-0.2, -0.15) is 0 Å². The second-order valence-corrected chi connectivity index (χ2v) is 3.57. The van der Waals surface area contributed by atoms with Crippen molar-refractivity contribution in [3.8, 4) is 0 Å². The Morgan fingerprint density at radius 2 is 1.93 bits per heavy atom. The maximum Gasteiger partial charge on any atom is 0.147 e. The van der Waals surface area contributed by atoms with Crippen LogP contribution in [0.2, 0.25) is 0 Å². The second-order valence-electron chi connectivity index (χ2n) is 3.57. The Kier molecular flexibility index (Phi) is 3.13. The van der Waals surface area contributed by atoms with E-state index in [4.69, 9.17) is 10.8 Å². The zero-order chi connectivity index (χ0) is 10.8. The lowest BCUT2D eigenvalue weighted by molar-refractivity contribution is 0.206. The van der Waals surface area contributed by atoms with Gasteiger partial charge in [-0.25, -0.2) is 8.78 Å². The Morgan fingerprint density at radius 3 is 2.36 bits per heavy atom. The van der Waals surface area contributed by atoms with Crippen LogP contribution in [0.1, 0.15) is 12.5 Å². The number of hydrogen-bond acceptors (Lipinski definition) is 3. The Labute approximate surface area is 80.6 Å². The summed E-state index contributed by atoms with van der Waals surface area (Å²) in [7, 11) is 0. The standard InChI is InChI=1S/C9H12F2N2O/c1-9(12,5-14)2-6-7(10)3-13-4-8(6)11/h3-4,14H,2,5,12H2,1H3. The van der Waals surface area contributed by atoms with Crippen molar-refractivity contribution in [3.05, 3.63) is 29.6 Å². The lowest BCUT2D eigenvalue weighted by atomic mass is 9.95. The summed E-state index contributed by atoms with van der Waals surface area (Å²) in [5.74, 6) is -1.48. The molecule has 1 aromatic heterocycles. The fraction of sp³-hybridized carbons (Fsp3) is 0.444. The van der Waals surface area contributed by atoms with Crippen LogP contribution >= 0.6 is 0 Å². The second kappa shape index (κ2) is 3.98. The van der Waals surface area contributed by atoms with E-state index in [9.17, 15) is 8.78 Å². The average molecular weight is 202 g/mol. The fourth-order valence-corrected chi connectivity index (χ4v) is 1.07. The molecule has 1 unspecified atom stereocenters. The number of aromatic nitrogens is 1. The zero-order valence-electron chi connectivity index (χ0n) is 7.80. The molecule has 0 aliphatic heterocycles.